The number of hydrogen-bond donors (Lipinski definition) is 2. The Balaban J connectivity index is 1.46. The van der Waals surface area contributed by atoms with Gasteiger partial charge in [-0.05, 0) is 48.8 Å². The van der Waals surface area contributed by atoms with E-state index in [1.54, 1.807) is 12.1 Å². The van der Waals surface area contributed by atoms with Gasteiger partial charge in [0, 0.05) is 12.5 Å². The number of carbonyl (C=O) groups excluding carboxylic acids is 1. The highest BCUT2D eigenvalue weighted by atomic mass is 16.3. The van der Waals surface area contributed by atoms with Crippen molar-refractivity contribution in [2.45, 2.75) is 19.3 Å². The van der Waals surface area contributed by atoms with Gasteiger partial charge in [0.2, 0.25) is 5.91 Å². The summed E-state index contributed by atoms with van der Waals surface area (Å²) in [5.41, 5.74) is 1.13. The van der Waals surface area contributed by atoms with Gasteiger partial charge in [0.15, 0.2) is 0 Å². The van der Waals surface area contributed by atoms with Gasteiger partial charge < -0.3 is 10.4 Å². The molecule has 2 aliphatic carbocycles. The minimum Gasteiger partial charge on any atom is -0.508 e. The second-order valence-corrected chi connectivity index (χ2v) is 5.59. The highest BCUT2D eigenvalue weighted by molar-refractivity contribution is 5.80. The maximum absolute atomic E-state index is 12.1. The molecular formula is C16H19NO2. The van der Waals surface area contributed by atoms with Crippen molar-refractivity contribution in [3.63, 3.8) is 0 Å². The molecule has 0 aromatic heterocycles. The van der Waals surface area contributed by atoms with Gasteiger partial charge in [-0.25, -0.2) is 0 Å². The summed E-state index contributed by atoms with van der Waals surface area (Å²) in [5.74, 6) is 1.78. The summed E-state index contributed by atoms with van der Waals surface area (Å²) >= 11 is 0. The van der Waals surface area contributed by atoms with Crippen molar-refractivity contribution >= 4 is 5.91 Å². The Labute approximate surface area is 113 Å². The van der Waals surface area contributed by atoms with Crippen LogP contribution in [0.25, 0.3) is 0 Å². The Morgan fingerprint density at radius 3 is 2.63 bits per heavy atom. The molecule has 0 radical (unpaired) electrons. The van der Waals surface area contributed by atoms with Crippen LogP contribution in [0, 0.1) is 17.8 Å². The smallest absolute Gasteiger partial charge is 0.223 e. The van der Waals surface area contributed by atoms with Crippen molar-refractivity contribution in [3.8, 4) is 5.75 Å². The van der Waals surface area contributed by atoms with E-state index < -0.39 is 0 Å². The number of carbonyl (C=O) groups is 1. The van der Waals surface area contributed by atoms with Crippen molar-refractivity contribution in [2.75, 3.05) is 6.54 Å². The number of aromatic hydroxyl groups is 1. The molecule has 3 nitrogen and oxygen atoms in total. The lowest BCUT2D eigenvalue weighted by atomic mass is 9.93. The van der Waals surface area contributed by atoms with Crippen LogP contribution >= 0.6 is 0 Å². The van der Waals surface area contributed by atoms with Gasteiger partial charge in [0.05, 0.1) is 0 Å². The van der Waals surface area contributed by atoms with Gasteiger partial charge in [0.25, 0.3) is 0 Å². The van der Waals surface area contributed by atoms with Crippen LogP contribution in [0.4, 0.5) is 0 Å². The zero-order chi connectivity index (χ0) is 13.2. The van der Waals surface area contributed by atoms with Crippen LogP contribution in [0.3, 0.4) is 0 Å². The first-order chi connectivity index (χ1) is 9.22. The molecule has 19 heavy (non-hydrogen) atoms. The Morgan fingerprint density at radius 2 is 2.00 bits per heavy atom. The summed E-state index contributed by atoms with van der Waals surface area (Å²) in [5, 5.41) is 12.2. The fourth-order valence-corrected chi connectivity index (χ4v) is 3.21. The molecule has 0 spiro atoms. The number of benzene rings is 1. The number of phenolic OH excluding ortho intramolecular Hbond substituents is 1. The number of amides is 1. The average molecular weight is 257 g/mol. The summed E-state index contributed by atoms with van der Waals surface area (Å²) in [6, 6.07) is 7.14. The molecule has 1 saturated carbocycles. The Bertz CT molecular complexity index is 492. The number of nitrogens with one attached hydrogen (secondary N) is 1. The lowest BCUT2D eigenvalue weighted by molar-refractivity contribution is -0.125. The SMILES string of the molecule is O=C(NCCc1ccc(O)cc1)C1CC2C=CC1C2. The van der Waals surface area contributed by atoms with E-state index in [-0.39, 0.29) is 17.6 Å². The summed E-state index contributed by atoms with van der Waals surface area (Å²) in [4.78, 5) is 12.1. The molecule has 3 unspecified atom stereocenters. The average Bonchev–Trinajstić information content (AvgIpc) is 3.03. The maximum Gasteiger partial charge on any atom is 0.223 e. The molecule has 3 heteroatoms. The molecule has 1 aromatic rings. The molecule has 1 fully saturated rings. The number of fused-ring (bicyclic) bond motifs is 2. The van der Waals surface area contributed by atoms with Gasteiger partial charge in [-0.3, -0.25) is 4.79 Å². The normalized spacial score (nSPS) is 27.7. The third kappa shape index (κ3) is 2.65. The molecule has 2 N–H and O–H groups in total. The molecule has 1 aromatic carbocycles. The maximum atomic E-state index is 12.1. The summed E-state index contributed by atoms with van der Waals surface area (Å²) in [6.07, 6.45) is 7.45. The molecule has 2 aliphatic rings. The van der Waals surface area contributed by atoms with Crippen LogP contribution in [0.1, 0.15) is 18.4 Å². The van der Waals surface area contributed by atoms with Crippen molar-refractivity contribution in [1.29, 1.82) is 0 Å². The van der Waals surface area contributed by atoms with Gasteiger partial charge >= 0.3 is 0 Å². The van der Waals surface area contributed by atoms with Gasteiger partial charge in [-0.15, -0.1) is 0 Å². The quantitative estimate of drug-likeness (QED) is 0.813. The van der Waals surface area contributed by atoms with Crippen LogP contribution < -0.4 is 5.32 Å². The molecule has 2 bridgehead atoms. The standard InChI is InChI=1S/C16H19NO2/c18-14-5-2-11(3-6-14)7-8-17-16(19)15-10-12-1-4-13(15)9-12/h1-6,12-13,15,18H,7-10H2,(H,17,19). The molecule has 1 amide bonds. The number of allylic oxidation sites excluding steroid dienone is 2. The van der Waals surface area contributed by atoms with E-state index in [0.29, 0.717) is 18.4 Å². The molecule has 100 valence electrons. The lowest BCUT2D eigenvalue weighted by Crippen LogP contribution is -2.34. The third-order valence-corrected chi connectivity index (χ3v) is 4.26. The summed E-state index contributed by atoms with van der Waals surface area (Å²) < 4.78 is 0. The number of phenols is 1. The molecule has 3 rings (SSSR count). The van der Waals surface area contributed by atoms with Crippen LogP contribution in [-0.4, -0.2) is 17.6 Å². The zero-order valence-electron chi connectivity index (χ0n) is 10.9. The predicted octanol–water partition coefficient (Wildman–Crippen LogP) is 2.26. The third-order valence-electron chi connectivity index (χ3n) is 4.26. The highest BCUT2D eigenvalue weighted by Gasteiger charge is 2.39. The highest BCUT2D eigenvalue weighted by Crippen LogP contribution is 2.43. The second-order valence-electron chi connectivity index (χ2n) is 5.59. The van der Waals surface area contributed by atoms with E-state index in [9.17, 15) is 9.90 Å². The lowest BCUT2D eigenvalue weighted by Gasteiger charge is -2.17. The van der Waals surface area contributed by atoms with E-state index >= 15 is 0 Å². The van der Waals surface area contributed by atoms with Gasteiger partial charge in [-0.2, -0.15) is 0 Å². The summed E-state index contributed by atoms with van der Waals surface area (Å²) in [7, 11) is 0. The first-order valence-corrected chi connectivity index (χ1v) is 6.96. The molecular weight excluding hydrogens is 238 g/mol. The minimum atomic E-state index is 0.190. The monoisotopic (exact) mass is 257 g/mol. The molecule has 3 atom stereocenters. The van der Waals surface area contributed by atoms with Crippen molar-refractivity contribution in [3.05, 3.63) is 42.0 Å². The topological polar surface area (TPSA) is 49.3 Å². The van der Waals surface area contributed by atoms with E-state index in [2.05, 4.69) is 17.5 Å². The number of hydrogen-bond acceptors (Lipinski definition) is 2. The van der Waals surface area contributed by atoms with Crippen LogP contribution in [-0.2, 0) is 11.2 Å². The Kier molecular flexibility index (Phi) is 3.28. The minimum absolute atomic E-state index is 0.190. The van der Waals surface area contributed by atoms with Crippen molar-refractivity contribution < 1.29 is 9.90 Å². The van der Waals surface area contributed by atoms with E-state index in [1.807, 2.05) is 12.1 Å². The van der Waals surface area contributed by atoms with Gasteiger partial charge in [-0.1, -0.05) is 24.3 Å². The van der Waals surface area contributed by atoms with Crippen LogP contribution in [0.5, 0.6) is 5.75 Å². The molecule has 0 heterocycles. The molecule has 0 saturated heterocycles. The van der Waals surface area contributed by atoms with E-state index in [1.165, 1.54) is 0 Å². The fraction of sp³-hybridized carbons (Fsp3) is 0.438. The van der Waals surface area contributed by atoms with E-state index in [4.69, 9.17) is 0 Å². The Morgan fingerprint density at radius 1 is 1.21 bits per heavy atom. The predicted molar refractivity (Wildman–Crippen MR) is 73.7 cm³/mol. The van der Waals surface area contributed by atoms with Gasteiger partial charge in [0.1, 0.15) is 5.75 Å². The van der Waals surface area contributed by atoms with Crippen molar-refractivity contribution in [1.82, 2.24) is 5.32 Å². The van der Waals surface area contributed by atoms with Crippen LogP contribution in [0.2, 0.25) is 0 Å². The Hall–Kier alpha value is -1.77. The first-order valence-electron chi connectivity index (χ1n) is 6.96. The second kappa shape index (κ2) is 5.08. The van der Waals surface area contributed by atoms with Crippen molar-refractivity contribution in [2.24, 2.45) is 17.8 Å². The largest absolute Gasteiger partial charge is 0.508 e. The summed E-state index contributed by atoms with van der Waals surface area (Å²) in [6.45, 7) is 0.668. The first kappa shape index (κ1) is 12.3. The fourth-order valence-electron chi connectivity index (χ4n) is 3.21. The van der Waals surface area contributed by atoms with Crippen LogP contribution in [0.15, 0.2) is 36.4 Å². The van der Waals surface area contributed by atoms with E-state index in [0.717, 1.165) is 24.8 Å². The molecule has 0 aliphatic heterocycles. The number of rotatable bonds is 4. The zero-order valence-corrected chi connectivity index (χ0v) is 10.9.